The van der Waals surface area contributed by atoms with Gasteiger partial charge in [0.05, 0.1) is 0 Å². The molecule has 0 saturated heterocycles. The molecular weight excluding hydrogens is 216 g/mol. The molecule has 0 aliphatic carbocycles. The van der Waals surface area contributed by atoms with Gasteiger partial charge < -0.3 is 9.73 Å². The van der Waals surface area contributed by atoms with Crippen molar-refractivity contribution in [1.82, 2.24) is 4.98 Å². The molecule has 0 aliphatic heterocycles. The number of fused-ring (bicyclic) bond motifs is 1. The van der Waals surface area contributed by atoms with Gasteiger partial charge in [0, 0.05) is 18.0 Å². The Balaban J connectivity index is 2.33. The summed E-state index contributed by atoms with van der Waals surface area (Å²) < 4.78 is 5.59. The summed E-state index contributed by atoms with van der Waals surface area (Å²) in [5, 5.41) is 2.80. The Hall–Kier alpha value is -1.84. The van der Waals surface area contributed by atoms with Gasteiger partial charge in [-0.05, 0) is 18.2 Å². The van der Waals surface area contributed by atoms with Crippen molar-refractivity contribution in [1.29, 1.82) is 0 Å². The fourth-order valence-electron chi connectivity index (χ4n) is 1.52. The van der Waals surface area contributed by atoms with Crippen molar-refractivity contribution in [2.24, 2.45) is 0 Å². The van der Waals surface area contributed by atoms with Crippen LogP contribution in [-0.2, 0) is 4.79 Å². The highest BCUT2D eigenvalue weighted by Gasteiger charge is 2.10. The monoisotopic (exact) mass is 232 g/mol. The van der Waals surface area contributed by atoms with Crippen molar-refractivity contribution >= 4 is 22.7 Å². The van der Waals surface area contributed by atoms with Crippen LogP contribution in [0.1, 0.15) is 39.0 Å². The summed E-state index contributed by atoms with van der Waals surface area (Å²) >= 11 is 0. The van der Waals surface area contributed by atoms with Crippen molar-refractivity contribution in [2.45, 2.75) is 33.1 Å². The molecule has 4 heteroatoms. The van der Waals surface area contributed by atoms with E-state index in [-0.39, 0.29) is 11.8 Å². The molecule has 2 aromatic rings. The quantitative estimate of drug-likeness (QED) is 0.883. The third-order valence-electron chi connectivity index (χ3n) is 2.50. The fourth-order valence-corrected chi connectivity index (χ4v) is 1.52. The maximum absolute atomic E-state index is 11.3. The lowest BCUT2D eigenvalue weighted by molar-refractivity contribution is -0.115. The molecule has 4 nitrogen and oxygen atoms in total. The van der Waals surface area contributed by atoms with Crippen LogP contribution in [0.3, 0.4) is 0 Å². The van der Waals surface area contributed by atoms with Gasteiger partial charge in [-0.2, -0.15) is 0 Å². The molecule has 1 aromatic heterocycles. The van der Waals surface area contributed by atoms with Crippen LogP contribution in [0.25, 0.3) is 11.1 Å². The molecule has 0 spiro atoms. The highest BCUT2D eigenvalue weighted by molar-refractivity contribution is 5.92. The lowest BCUT2D eigenvalue weighted by Gasteiger charge is -2.01. The number of anilines is 1. The zero-order valence-electron chi connectivity index (χ0n) is 10.3. The Kier molecular flexibility index (Phi) is 3.13. The van der Waals surface area contributed by atoms with Crippen LogP contribution in [0, 0.1) is 0 Å². The summed E-state index contributed by atoms with van der Waals surface area (Å²) in [4.78, 5) is 15.7. The number of hydrogen-bond acceptors (Lipinski definition) is 3. The van der Waals surface area contributed by atoms with Crippen LogP contribution in [0.2, 0.25) is 0 Å². The fraction of sp³-hybridized carbons (Fsp3) is 0.385. The van der Waals surface area contributed by atoms with Gasteiger partial charge >= 0.3 is 0 Å². The molecule has 0 atom stereocenters. The number of aromatic nitrogens is 1. The van der Waals surface area contributed by atoms with Crippen molar-refractivity contribution < 1.29 is 9.21 Å². The number of nitrogens with zero attached hydrogens (tertiary/aromatic N) is 1. The number of benzene rings is 1. The first-order chi connectivity index (χ1) is 8.10. The molecule has 0 saturated carbocycles. The number of carbonyl (C=O) groups is 1. The second kappa shape index (κ2) is 4.57. The lowest BCUT2D eigenvalue weighted by atomic mass is 10.2. The molecule has 1 heterocycles. The zero-order valence-corrected chi connectivity index (χ0v) is 10.3. The van der Waals surface area contributed by atoms with Gasteiger partial charge in [-0.15, -0.1) is 0 Å². The van der Waals surface area contributed by atoms with Crippen LogP contribution in [0.5, 0.6) is 0 Å². The molecule has 0 unspecified atom stereocenters. The second-order valence-corrected chi connectivity index (χ2v) is 4.29. The van der Waals surface area contributed by atoms with E-state index in [9.17, 15) is 4.79 Å². The van der Waals surface area contributed by atoms with Crippen molar-refractivity contribution in [2.75, 3.05) is 5.32 Å². The van der Waals surface area contributed by atoms with E-state index in [2.05, 4.69) is 10.3 Å². The predicted molar refractivity (Wildman–Crippen MR) is 67.0 cm³/mol. The largest absolute Gasteiger partial charge is 0.440 e. The van der Waals surface area contributed by atoms with Crippen molar-refractivity contribution in [3.63, 3.8) is 0 Å². The average molecular weight is 232 g/mol. The molecule has 0 fully saturated rings. The van der Waals surface area contributed by atoms with Crippen LogP contribution in [0.4, 0.5) is 5.69 Å². The van der Waals surface area contributed by atoms with E-state index in [1.807, 2.05) is 39.0 Å². The maximum atomic E-state index is 11.3. The molecule has 0 radical (unpaired) electrons. The molecule has 0 aliphatic rings. The van der Waals surface area contributed by atoms with E-state index in [4.69, 9.17) is 4.42 Å². The lowest BCUT2D eigenvalue weighted by Crippen LogP contribution is -2.09. The number of hydrogen-bond donors (Lipinski definition) is 1. The van der Waals surface area contributed by atoms with Crippen LogP contribution in [-0.4, -0.2) is 10.9 Å². The standard InChI is InChI=1S/C13H16N2O2/c1-4-12(16)14-9-5-6-11-10(7-9)15-13(17-11)8(2)3/h5-8H,4H2,1-3H3,(H,14,16). The number of rotatable bonds is 3. The molecule has 17 heavy (non-hydrogen) atoms. The summed E-state index contributed by atoms with van der Waals surface area (Å²) in [6.45, 7) is 5.88. The molecule has 1 amide bonds. The molecule has 0 bridgehead atoms. The number of amides is 1. The summed E-state index contributed by atoms with van der Waals surface area (Å²) in [6.07, 6.45) is 0.466. The molecule has 90 valence electrons. The topological polar surface area (TPSA) is 55.1 Å². The average Bonchev–Trinajstić information content (AvgIpc) is 2.72. The summed E-state index contributed by atoms with van der Waals surface area (Å²) in [6, 6.07) is 5.49. The minimum Gasteiger partial charge on any atom is -0.440 e. The van der Waals surface area contributed by atoms with E-state index in [0.717, 1.165) is 22.7 Å². The Morgan fingerprint density at radius 1 is 1.47 bits per heavy atom. The van der Waals surface area contributed by atoms with Crippen molar-refractivity contribution in [3.8, 4) is 0 Å². The Morgan fingerprint density at radius 2 is 2.24 bits per heavy atom. The van der Waals surface area contributed by atoms with Crippen LogP contribution in [0.15, 0.2) is 22.6 Å². The first-order valence-electron chi connectivity index (χ1n) is 5.80. The predicted octanol–water partition coefficient (Wildman–Crippen LogP) is 3.30. The van der Waals surface area contributed by atoms with E-state index in [1.54, 1.807) is 0 Å². The SMILES string of the molecule is CCC(=O)Nc1ccc2oc(C(C)C)nc2c1. The first kappa shape index (κ1) is 11.6. The summed E-state index contributed by atoms with van der Waals surface area (Å²) in [5.41, 5.74) is 2.29. The van der Waals surface area contributed by atoms with Gasteiger partial charge in [-0.3, -0.25) is 4.79 Å². The van der Waals surface area contributed by atoms with E-state index in [1.165, 1.54) is 0 Å². The Labute approximate surface area is 100 Å². The number of oxazole rings is 1. The number of carbonyl (C=O) groups excluding carboxylic acids is 1. The highest BCUT2D eigenvalue weighted by Crippen LogP contribution is 2.23. The minimum absolute atomic E-state index is 0.00284. The van der Waals surface area contributed by atoms with E-state index in [0.29, 0.717) is 6.42 Å². The Morgan fingerprint density at radius 3 is 2.88 bits per heavy atom. The first-order valence-corrected chi connectivity index (χ1v) is 5.80. The third-order valence-corrected chi connectivity index (χ3v) is 2.50. The maximum Gasteiger partial charge on any atom is 0.224 e. The van der Waals surface area contributed by atoms with Gasteiger partial charge in [0.2, 0.25) is 5.91 Å². The van der Waals surface area contributed by atoms with E-state index < -0.39 is 0 Å². The molecule has 1 aromatic carbocycles. The minimum atomic E-state index is -0.00284. The molecule has 1 N–H and O–H groups in total. The molecular formula is C13H16N2O2. The van der Waals surface area contributed by atoms with Crippen LogP contribution >= 0.6 is 0 Å². The highest BCUT2D eigenvalue weighted by atomic mass is 16.3. The van der Waals surface area contributed by atoms with E-state index >= 15 is 0 Å². The van der Waals surface area contributed by atoms with Gasteiger partial charge in [-0.1, -0.05) is 20.8 Å². The van der Waals surface area contributed by atoms with Crippen molar-refractivity contribution in [3.05, 3.63) is 24.1 Å². The number of nitrogens with one attached hydrogen (secondary N) is 1. The molecule has 2 rings (SSSR count). The second-order valence-electron chi connectivity index (χ2n) is 4.29. The zero-order chi connectivity index (χ0) is 12.4. The van der Waals surface area contributed by atoms with Gasteiger partial charge in [0.1, 0.15) is 5.52 Å². The summed E-state index contributed by atoms with van der Waals surface area (Å²) in [7, 11) is 0. The normalized spacial score (nSPS) is 11.1. The Bertz CT molecular complexity index is 543. The summed E-state index contributed by atoms with van der Waals surface area (Å²) in [5.74, 6) is 0.979. The van der Waals surface area contributed by atoms with Gasteiger partial charge in [0.25, 0.3) is 0 Å². The smallest absolute Gasteiger partial charge is 0.224 e. The van der Waals surface area contributed by atoms with Crippen LogP contribution < -0.4 is 5.32 Å². The van der Waals surface area contributed by atoms with Gasteiger partial charge in [-0.25, -0.2) is 4.98 Å². The van der Waals surface area contributed by atoms with Gasteiger partial charge in [0.15, 0.2) is 11.5 Å². The third kappa shape index (κ3) is 2.46.